The third-order valence-electron chi connectivity index (χ3n) is 6.08. The number of rotatable bonds is 9. The number of aliphatic hydroxyl groups excluding tert-OH is 2. The van der Waals surface area contributed by atoms with Gasteiger partial charge in [-0.05, 0) is 41.3 Å². The van der Waals surface area contributed by atoms with E-state index in [1.807, 2.05) is 13.8 Å². The zero-order valence-electron chi connectivity index (χ0n) is 20.1. The second kappa shape index (κ2) is 11.7. The van der Waals surface area contributed by atoms with Crippen molar-refractivity contribution in [2.24, 2.45) is 5.92 Å². The molecule has 0 aromatic heterocycles. The molecule has 198 valence electrons. The van der Waals surface area contributed by atoms with Gasteiger partial charge < -0.3 is 25.0 Å². The molecule has 0 radical (unpaired) electrons. The maximum absolute atomic E-state index is 13.6. The summed E-state index contributed by atoms with van der Waals surface area (Å²) in [5, 5.41) is 24.0. The monoisotopic (exact) mass is 513 g/mol. The van der Waals surface area contributed by atoms with Crippen molar-refractivity contribution in [2.45, 2.75) is 70.0 Å². The quantitative estimate of drug-likeness (QED) is 0.442. The minimum Gasteiger partial charge on any atom is -0.390 e. The zero-order chi connectivity index (χ0) is 26.5. The summed E-state index contributed by atoms with van der Waals surface area (Å²) >= 11 is 0. The van der Waals surface area contributed by atoms with Crippen LogP contribution in [0.1, 0.15) is 43.4 Å². The summed E-state index contributed by atoms with van der Waals surface area (Å²) in [7, 11) is 0. The van der Waals surface area contributed by atoms with E-state index >= 15 is 0 Å². The average Bonchev–Trinajstić information content (AvgIpc) is 2.82. The molecule has 1 aliphatic carbocycles. The second-order valence-electron chi connectivity index (χ2n) is 9.53. The topological polar surface area (TPSA) is 88.0 Å². The molecule has 3 rings (SSSR count). The molecule has 10 heteroatoms. The molecule has 36 heavy (non-hydrogen) atoms. The molecule has 1 saturated carbocycles. The first-order valence-corrected chi connectivity index (χ1v) is 11.7. The lowest BCUT2D eigenvalue weighted by atomic mass is 9.78. The van der Waals surface area contributed by atoms with E-state index in [4.69, 9.17) is 9.47 Å². The van der Waals surface area contributed by atoms with Crippen molar-refractivity contribution >= 4 is 5.91 Å². The summed E-state index contributed by atoms with van der Waals surface area (Å²) in [6.45, 7) is 3.90. The normalized spacial score (nSPS) is 24.6. The van der Waals surface area contributed by atoms with Crippen LogP contribution in [0.4, 0.5) is 17.6 Å². The van der Waals surface area contributed by atoms with E-state index in [1.165, 1.54) is 30.3 Å². The van der Waals surface area contributed by atoms with Gasteiger partial charge in [0.1, 0.15) is 11.9 Å². The summed E-state index contributed by atoms with van der Waals surface area (Å²) in [4.78, 5) is 13.3. The molecule has 0 heterocycles. The average molecular weight is 514 g/mol. The Labute approximate surface area is 207 Å². The van der Waals surface area contributed by atoms with E-state index in [9.17, 15) is 32.6 Å². The van der Waals surface area contributed by atoms with E-state index in [0.717, 1.165) is 12.1 Å². The Morgan fingerprint density at radius 1 is 1.08 bits per heavy atom. The molecule has 2 aromatic rings. The summed E-state index contributed by atoms with van der Waals surface area (Å²) in [6, 6.07) is 10.1. The van der Waals surface area contributed by atoms with Crippen LogP contribution in [0, 0.1) is 11.7 Å². The lowest BCUT2D eigenvalue weighted by molar-refractivity contribution is -0.200. The first-order chi connectivity index (χ1) is 16.9. The number of nitrogens with one attached hydrogen (secondary N) is 1. The summed E-state index contributed by atoms with van der Waals surface area (Å²) in [5.74, 6) is -0.826. The zero-order valence-corrected chi connectivity index (χ0v) is 20.1. The van der Waals surface area contributed by atoms with Crippen molar-refractivity contribution in [3.05, 3.63) is 71.0 Å². The van der Waals surface area contributed by atoms with Gasteiger partial charge in [0, 0.05) is 19.4 Å². The SMILES string of the molecule is CC(C)CNC(=O)[C@@]1(OCc2cccc(F)c2)CC(OCc2ccc(C(F)(F)F)cc2)[C@H](O)[C@H](O)C1. The first-order valence-electron chi connectivity index (χ1n) is 11.7. The number of hydrogen-bond donors (Lipinski definition) is 3. The van der Waals surface area contributed by atoms with Gasteiger partial charge >= 0.3 is 6.18 Å². The molecule has 4 atom stereocenters. The molecular formula is C26H31F4NO5. The predicted octanol–water partition coefficient (Wildman–Crippen LogP) is 3.97. The highest BCUT2D eigenvalue weighted by Gasteiger charge is 2.51. The third-order valence-corrected chi connectivity index (χ3v) is 6.08. The summed E-state index contributed by atoms with van der Waals surface area (Å²) in [6.07, 6.45) is -8.56. The number of alkyl halides is 3. The highest BCUT2D eigenvalue weighted by Crippen LogP contribution is 2.36. The van der Waals surface area contributed by atoms with Crippen LogP contribution >= 0.6 is 0 Å². The number of ether oxygens (including phenoxy) is 2. The number of benzene rings is 2. The highest BCUT2D eigenvalue weighted by molar-refractivity contribution is 5.85. The fourth-order valence-electron chi connectivity index (χ4n) is 4.06. The lowest BCUT2D eigenvalue weighted by Gasteiger charge is -2.44. The minimum absolute atomic E-state index is 0.120. The Bertz CT molecular complexity index is 1010. The fourth-order valence-corrected chi connectivity index (χ4v) is 4.06. The number of carbonyl (C=O) groups excluding carboxylic acids is 1. The van der Waals surface area contributed by atoms with Crippen molar-refractivity contribution in [3.8, 4) is 0 Å². The molecule has 1 fully saturated rings. The van der Waals surface area contributed by atoms with Gasteiger partial charge in [-0.3, -0.25) is 4.79 Å². The van der Waals surface area contributed by atoms with Crippen LogP contribution in [-0.2, 0) is 33.7 Å². The molecule has 2 aromatic carbocycles. The fraction of sp³-hybridized carbons (Fsp3) is 0.500. The van der Waals surface area contributed by atoms with E-state index in [1.54, 1.807) is 6.07 Å². The number of halogens is 4. The largest absolute Gasteiger partial charge is 0.416 e. The lowest BCUT2D eigenvalue weighted by Crippen LogP contribution is -2.60. The van der Waals surface area contributed by atoms with Crippen molar-refractivity contribution in [2.75, 3.05) is 6.54 Å². The molecular weight excluding hydrogens is 482 g/mol. The minimum atomic E-state index is -4.47. The smallest absolute Gasteiger partial charge is 0.390 e. The Morgan fingerprint density at radius 3 is 2.39 bits per heavy atom. The number of carbonyl (C=O) groups is 1. The van der Waals surface area contributed by atoms with Crippen molar-refractivity contribution in [1.29, 1.82) is 0 Å². The Balaban J connectivity index is 1.78. The van der Waals surface area contributed by atoms with Crippen LogP contribution in [0.25, 0.3) is 0 Å². The predicted molar refractivity (Wildman–Crippen MR) is 123 cm³/mol. The maximum atomic E-state index is 13.6. The van der Waals surface area contributed by atoms with Gasteiger partial charge in [0.05, 0.1) is 31.0 Å². The molecule has 0 bridgehead atoms. The number of hydrogen-bond acceptors (Lipinski definition) is 5. The highest BCUT2D eigenvalue weighted by atomic mass is 19.4. The Hall–Kier alpha value is -2.53. The Kier molecular flexibility index (Phi) is 9.10. The van der Waals surface area contributed by atoms with Gasteiger partial charge in [0.15, 0.2) is 5.60 Å². The second-order valence-corrected chi connectivity index (χ2v) is 9.53. The molecule has 1 aliphatic rings. The maximum Gasteiger partial charge on any atom is 0.416 e. The Morgan fingerprint density at radius 2 is 1.78 bits per heavy atom. The van der Waals surface area contributed by atoms with Crippen LogP contribution in [0.5, 0.6) is 0 Å². The van der Waals surface area contributed by atoms with Crippen LogP contribution in [0.2, 0.25) is 0 Å². The van der Waals surface area contributed by atoms with Crippen LogP contribution in [0.3, 0.4) is 0 Å². The summed E-state index contributed by atoms with van der Waals surface area (Å²) in [5.41, 5.74) is -1.48. The van der Waals surface area contributed by atoms with Crippen molar-refractivity contribution < 1.29 is 42.0 Å². The third kappa shape index (κ3) is 7.25. The van der Waals surface area contributed by atoms with Gasteiger partial charge in [-0.25, -0.2) is 4.39 Å². The number of amides is 1. The van der Waals surface area contributed by atoms with Gasteiger partial charge in [0.2, 0.25) is 0 Å². The molecule has 0 saturated heterocycles. The van der Waals surface area contributed by atoms with Gasteiger partial charge in [-0.15, -0.1) is 0 Å². The van der Waals surface area contributed by atoms with Crippen LogP contribution < -0.4 is 5.32 Å². The summed E-state index contributed by atoms with van der Waals surface area (Å²) < 4.78 is 63.9. The van der Waals surface area contributed by atoms with E-state index in [-0.39, 0.29) is 32.0 Å². The van der Waals surface area contributed by atoms with Crippen molar-refractivity contribution in [3.63, 3.8) is 0 Å². The van der Waals surface area contributed by atoms with Gasteiger partial charge in [0.25, 0.3) is 5.91 Å². The van der Waals surface area contributed by atoms with E-state index in [0.29, 0.717) is 17.7 Å². The van der Waals surface area contributed by atoms with Crippen LogP contribution in [0.15, 0.2) is 48.5 Å². The molecule has 6 nitrogen and oxygen atoms in total. The van der Waals surface area contributed by atoms with Crippen molar-refractivity contribution in [1.82, 2.24) is 5.32 Å². The number of aliphatic hydroxyl groups is 2. The van der Waals surface area contributed by atoms with Gasteiger partial charge in [-0.1, -0.05) is 38.1 Å². The first kappa shape index (κ1) is 28.0. The molecule has 0 spiro atoms. The molecule has 3 N–H and O–H groups in total. The van der Waals surface area contributed by atoms with E-state index in [2.05, 4.69) is 5.32 Å². The molecule has 0 aliphatic heterocycles. The standard InChI is InChI=1S/C26H31F4NO5/c1-16(2)13-31-24(34)25(36-15-18-4-3-5-20(27)10-18)11-21(32)23(33)22(12-25)35-14-17-6-8-19(9-7-17)26(28,29)30/h3-10,16,21-23,32-33H,11-15H2,1-2H3,(H,31,34)/t21-,22?,23-,25+/m1/s1. The molecule has 1 amide bonds. The van der Waals surface area contributed by atoms with E-state index < -0.39 is 47.4 Å². The van der Waals surface area contributed by atoms with Crippen LogP contribution in [-0.4, -0.2) is 46.6 Å². The molecule has 1 unspecified atom stereocenters. The van der Waals surface area contributed by atoms with Gasteiger partial charge in [-0.2, -0.15) is 13.2 Å².